The molecule has 2 aromatic rings. The van der Waals surface area contributed by atoms with Crippen molar-refractivity contribution in [2.45, 2.75) is 59.0 Å². The van der Waals surface area contributed by atoms with Crippen LogP contribution in [0.25, 0.3) is 0 Å². The number of nitrogens with two attached hydrogens (primary N) is 1. The number of carbonyl (C=O) groups is 1. The van der Waals surface area contributed by atoms with Gasteiger partial charge >= 0.3 is 0 Å². The fourth-order valence-corrected chi connectivity index (χ4v) is 4.02. The second-order valence-corrected chi connectivity index (χ2v) is 7.53. The second-order valence-electron chi connectivity index (χ2n) is 7.53. The summed E-state index contributed by atoms with van der Waals surface area (Å²) in [7, 11) is 0. The number of anilines is 3. The fourth-order valence-electron chi connectivity index (χ4n) is 4.02. The number of benzene rings is 2. The minimum Gasteiger partial charge on any atom is -0.397 e. The summed E-state index contributed by atoms with van der Waals surface area (Å²) in [5, 5.41) is 3.01. The van der Waals surface area contributed by atoms with E-state index in [1.54, 1.807) is 0 Å². The van der Waals surface area contributed by atoms with Gasteiger partial charge < -0.3 is 16.0 Å². The summed E-state index contributed by atoms with van der Waals surface area (Å²) in [6.45, 7) is 8.58. The summed E-state index contributed by atoms with van der Waals surface area (Å²) in [4.78, 5) is 15.2. The number of piperidine rings is 1. The average Bonchev–Trinajstić information content (AvgIpc) is 2.58. The first kappa shape index (κ1) is 18.3. The van der Waals surface area contributed by atoms with Crippen LogP contribution in [0.5, 0.6) is 0 Å². The van der Waals surface area contributed by atoms with E-state index >= 15 is 0 Å². The Morgan fingerprint density at radius 1 is 1.08 bits per heavy atom. The largest absolute Gasteiger partial charge is 0.397 e. The van der Waals surface area contributed by atoms with Gasteiger partial charge in [0.25, 0.3) is 5.91 Å². The highest BCUT2D eigenvalue weighted by atomic mass is 16.1. The number of hydrogen-bond acceptors (Lipinski definition) is 3. The van der Waals surface area contributed by atoms with E-state index in [1.165, 1.54) is 24.9 Å². The van der Waals surface area contributed by atoms with Crippen molar-refractivity contribution in [3.63, 3.8) is 0 Å². The van der Waals surface area contributed by atoms with Gasteiger partial charge in [-0.3, -0.25) is 4.79 Å². The molecular formula is C22H29N3O. The maximum absolute atomic E-state index is 12.7. The Labute approximate surface area is 156 Å². The van der Waals surface area contributed by atoms with Gasteiger partial charge in [-0.05, 0) is 76.3 Å². The monoisotopic (exact) mass is 351 g/mol. The van der Waals surface area contributed by atoms with Gasteiger partial charge in [-0.2, -0.15) is 0 Å². The first-order valence-corrected chi connectivity index (χ1v) is 9.44. The van der Waals surface area contributed by atoms with Gasteiger partial charge in [-0.25, -0.2) is 0 Å². The van der Waals surface area contributed by atoms with Crippen molar-refractivity contribution in [2.24, 2.45) is 0 Å². The second kappa shape index (κ2) is 7.40. The van der Waals surface area contributed by atoms with Crippen molar-refractivity contribution in [3.8, 4) is 0 Å². The Bertz CT molecular complexity index is 805. The highest BCUT2D eigenvalue weighted by molar-refractivity contribution is 6.07. The van der Waals surface area contributed by atoms with Crippen LogP contribution in [-0.2, 0) is 0 Å². The normalized spacial score (nSPS) is 20.1. The van der Waals surface area contributed by atoms with Crippen LogP contribution < -0.4 is 16.0 Å². The number of aryl methyl sites for hydroxylation is 2. The van der Waals surface area contributed by atoms with Crippen LogP contribution in [0.3, 0.4) is 0 Å². The highest BCUT2D eigenvalue weighted by Crippen LogP contribution is 2.36. The average molecular weight is 351 g/mol. The van der Waals surface area contributed by atoms with Crippen LogP contribution in [0, 0.1) is 13.8 Å². The third-order valence-electron chi connectivity index (χ3n) is 5.48. The van der Waals surface area contributed by atoms with Gasteiger partial charge in [0.15, 0.2) is 0 Å². The third kappa shape index (κ3) is 3.55. The smallest absolute Gasteiger partial charge is 0.255 e. The van der Waals surface area contributed by atoms with E-state index in [2.05, 4.69) is 31.0 Å². The van der Waals surface area contributed by atoms with E-state index in [0.717, 1.165) is 11.1 Å². The van der Waals surface area contributed by atoms with Crippen molar-refractivity contribution >= 4 is 23.0 Å². The summed E-state index contributed by atoms with van der Waals surface area (Å²) in [6.07, 6.45) is 3.65. The molecule has 0 radical (unpaired) electrons. The van der Waals surface area contributed by atoms with Gasteiger partial charge in [0.2, 0.25) is 0 Å². The molecule has 4 heteroatoms. The molecule has 0 spiro atoms. The lowest BCUT2D eigenvalue weighted by atomic mass is 9.95. The number of amides is 1. The Hall–Kier alpha value is -2.49. The molecule has 3 N–H and O–H groups in total. The summed E-state index contributed by atoms with van der Waals surface area (Å²) in [5.74, 6) is -0.121. The zero-order valence-electron chi connectivity index (χ0n) is 16.2. The third-order valence-corrected chi connectivity index (χ3v) is 5.48. The van der Waals surface area contributed by atoms with E-state index in [1.807, 2.05) is 43.3 Å². The number of nitrogens with zero attached hydrogens (tertiary/aromatic N) is 1. The molecule has 4 nitrogen and oxygen atoms in total. The molecule has 1 aliphatic heterocycles. The Morgan fingerprint density at radius 2 is 1.73 bits per heavy atom. The molecule has 138 valence electrons. The van der Waals surface area contributed by atoms with Crippen LogP contribution in [0.15, 0.2) is 36.4 Å². The summed E-state index contributed by atoms with van der Waals surface area (Å²) in [5.41, 5.74) is 11.5. The molecule has 0 unspecified atom stereocenters. The zero-order chi connectivity index (χ0) is 18.8. The van der Waals surface area contributed by atoms with E-state index < -0.39 is 0 Å². The number of nitrogens with one attached hydrogen (secondary N) is 1. The molecule has 1 aliphatic rings. The maximum Gasteiger partial charge on any atom is 0.255 e. The molecule has 0 aromatic heterocycles. The van der Waals surface area contributed by atoms with Crippen LogP contribution in [0.2, 0.25) is 0 Å². The predicted molar refractivity (Wildman–Crippen MR) is 110 cm³/mol. The van der Waals surface area contributed by atoms with Gasteiger partial charge in [-0.15, -0.1) is 0 Å². The molecule has 0 saturated carbocycles. The van der Waals surface area contributed by atoms with Crippen LogP contribution in [0.1, 0.15) is 54.6 Å². The maximum atomic E-state index is 12.7. The first-order valence-electron chi connectivity index (χ1n) is 9.44. The topological polar surface area (TPSA) is 58.4 Å². The van der Waals surface area contributed by atoms with Crippen molar-refractivity contribution < 1.29 is 4.79 Å². The molecule has 2 aromatic carbocycles. The fraction of sp³-hybridized carbons (Fsp3) is 0.409. The molecule has 1 amide bonds. The summed E-state index contributed by atoms with van der Waals surface area (Å²) in [6, 6.07) is 12.6. The van der Waals surface area contributed by atoms with Crippen molar-refractivity contribution in [1.29, 1.82) is 0 Å². The molecule has 1 saturated heterocycles. The van der Waals surface area contributed by atoms with Crippen LogP contribution in [0.4, 0.5) is 17.1 Å². The SMILES string of the molecule is Cc1ccccc1C(=O)Nc1cc(N2[C@H](C)CCC[C@H]2C)c(C)cc1N. The Kier molecular flexibility index (Phi) is 5.21. The van der Waals surface area contributed by atoms with Gasteiger partial charge in [0.1, 0.15) is 0 Å². The minimum atomic E-state index is -0.121. The minimum absolute atomic E-state index is 0.121. The standard InChI is InChI=1S/C22H29N3O/c1-14-8-5-6-11-18(14)22(26)24-20-13-21(15(2)12-19(20)23)25-16(3)9-7-10-17(25)4/h5-6,8,11-13,16-17H,7,9-10,23H2,1-4H3,(H,24,26)/t16-,17-/m1/s1. The van der Waals surface area contributed by atoms with E-state index in [0.29, 0.717) is 29.0 Å². The number of carbonyl (C=O) groups excluding carboxylic acids is 1. The number of hydrogen-bond donors (Lipinski definition) is 2. The van der Waals surface area contributed by atoms with Gasteiger partial charge in [0.05, 0.1) is 11.4 Å². The lowest BCUT2D eigenvalue weighted by molar-refractivity contribution is 0.102. The molecule has 1 heterocycles. The van der Waals surface area contributed by atoms with Crippen molar-refractivity contribution in [3.05, 3.63) is 53.1 Å². The lowest BCUT2D eigenvalue weighted by Gasteiger charge is -2.42. The van der Waals surface area contributed by atoms with Gasteiger partial charge in [-0.1, -0.05) is 18.2 Å². The van der Waals surface area contributed by atoms with Crippen molar-refractivity contribution in [2.75, 3.05) is 16.0 Å². The zero-order valence-corrected chi connectivity index (χ0v) is 16.2. The van der Waals surface area contributed by atoms with Crippen molar-refractivity contribution in [1.82, 2.24) is 0 Å². The molecule has 2 atom stereocenters. The first-order chi connectivity index (χ1) is 12.4. The van der Waals surface area contributed by atoms with E-state index in [9.17, 15) is 4.79 Å². The molecular weight excluding hydrogens is 322 g/mol. The lowest BCUT2D eigenvalue weighted by Crippen LogP contribution is -2.44. The highest BCUT2D eigenvalue weighted by Gasteiger charge is 2.26. The van der Waals surface area contributed by atoms with Crippen LogP contribution >= 0.6 is 0 Å². The molecule has 0 bridgehead atoms. The van der Waals surface area contributed by atoms with Crippen LogP contribution in [-0.4, -0.2) is 18.0 Å². The van der Waals surface area contributed by atoms with E-state index in [4.69, 9.17) is 5.73 Å². The summed E-state index contributed by atoms with van der Waals surface area (Å²) >= 11 is 0. The number of nitrogen functional groups attached to an aromatic ring is 1. The predicted octanol–water partition coefficient (Wildman–Crippen LogP) is 4.91. The number of rotatable bonds is 3. The molecule has 26 heavy (non-hydrogen) atoms. The quantitative estimate of drug-likeness (QED) is 0.773. The Balaban J connectivity index is 1.93. The molecule has 3 rings (SSSR count). The summed E-state index contributed by atoms with van der Waals surface area (Å²) < 4.78 is 0. The molecule has 1 fully saturated rings. The molecule has 0 aliphatic carbocycles. The van der Waals surface area contributed by atoms with Gasteiger partial charge in [0, 0.05) is 23.3 Å². The van der Waals surface area contributed by atoms with E-state index in [-0.39, 0.29) is 5.91 Å². The Morgan fingerprint density at radius 3 is 2.38 bits per heavy atom.